The van der Waals surface area contributed by atoms with E-state index in [2.05, 4.69) is 5.32 Å². The zero-order chi connectivity index (χ0) is 19.0. The highest BCUT2D eigenvalue weighted by atomic mass is 16.5. The molecule has 1 N–H and O–H groups in total. The van der Waals surface area contributed by atoms with Gasteiger partial charge in [-0.1, -0.05) is 30.3 Å². The monoisotopic (exact) mass is 365 g/mol. The van der Waals surface area contributed by atoms with E-state index in [4.69, 9.17) is 13.9 Å². The molecule has 0 spiro atoms. The van der Waals surface area contributed by atoms with Crippen molar-refractivity contribution in [3.63, 3.8) is 0 Å². The molecule has 1 aliphatic rings. The summed E-state index contributed by atoms with van der Waals surface area (Å²) in [6, 6.07) is 15.3. The number of hydrogen-bond acceptors (Lipinski definition) is 4. The number of carbonyl (C=O) groups is 1. The van der Waals surface area contributed by atoms with E-state index < -0.39 is 0 Å². The number of ether oxygens (including phenoxy) is 2. The normalized spacial score (nSPS) is 15.8. The van der Waals surface area contributed by atoms with Gasteiger partial charge in [0, 0.05) is 17.4 Å². The number of furan rings is 1. The van der Waals surface area contributed by atoms with Crippen LogP contribution in [-0.2, 0) is 11.2 Å². The van der Waals surface area contributed by atoms with E-state index in [0.717, 1.165) is 34.5 Å². The number of amides is 1. The van der Waals surface area contributed by atoms with Crippen LogP contribution in [0.4, 0.5) is 0 Å². The van der Waals surface area contributed by atoms with Crippen LogP contribution in [0.15, 0.2) is 52.9 Å². The number of hydrogen-bond donors (Lipinski definition) is 1. The lowest BCUT2D eigenvalue weighted by Gasteiger charge is -2.18. The predicted octanol–water partition coefficient (Wildman–Crippen LogP) is 4.40. The summed E-state index contributed by atoms with van der Waals surface area (Å²) < 4.78 is 17.5. The summed E-state index contributed by atoms with van der Waals surface area (Å²) >= 11 is 0. The zero-order valence-corrected chi connectivity index (χ0v) is 15.7. The molecule has 0 aliphatic carbocycles. The second-order valence-electron chi connectivity index (χ2n) is 7.55. The Hall–Kier alpha value is -2.95. The maximum Gasteiger partial charge on any atom is 0.258 e. The van der Waals surface area contributed by atoms with Gasteiger partial charge in [-0.25, -0.2) is 0 Å². The summed E-state index contributed by atoms with van der Waals surface area (Å²) in [5.41, 5.74) is 1.66. The number of benzene rings is 2. The minimum absolute atomic E-state index is 0.0786. The SMILES string of the molecule is C[C@@H](NC(=O)COc1cccc2c1OC(C)(C)C2)c1cc2ccccc2o1. The number of para-hydroxylation sites is 2. The van der Waals surface area contributed by atoms with Gasteiger partial charge in [0.1, 0.15) is 16.9 Å². The predicted molar refractivity (Wildman–Crippen MR) is 103 cm³/mol. The first-order chi connectivity index (χ1) is 12.9. The third kappa shape index (κ3) is 3.63. The Morgan fingerprint density at radius 3 is 2.85 bits per heavy atom. The van der Waals surface area contributed by atoms with Gasteiger partial charge in [-0.3, -0.25) is 4.79 Å². The molecule has 4 rings (SSSR count). The van der Waals surface area contributed by atoms with Crippen LogP contribution in [0.25, 0.3) is 11.0 Å². The Labute approximate surface area is 158 Å². The second kappa shape index (κ2) is 6.65. The summed E-state index contributed by atoms with van der Waals surface area (Å²) in [6.45, 7) is 5.89. The highest BCUT2D eigenvalue weighted by Crippen LogP contribution is 2.41. The molecule has 0 bridgehead atoms. The first-order valence-corrected chi connectivity index (χ1v) is 9.13. The highest BCUT2D eigenvalue weighted by molar-refractivity contribution is 5.80. The third-order valence-electron chi connectivity index (χ3n) is 4.66. The molecule has 5 nitrogen and oxygen atoms in total. The van der Waals surface area contributed by atoms with Gasteiger partial charge in [0.05, 0.1) is 6.04 Å². The van der Waals surface area contributed by atoms with E-state index in [0.29, 0.717) is 5.75 Å². The Morgan fingerprint density at radius 1 is 1.22 bits per heavy atom. The summed E-state index contributed by atoms with van der Waals surface area (Å²) in [5, 5.41) is 3.93. The van der Waals surface area contributed by atoms with Crippen molar-refractivity contribution in [2.24, 2.45) is 0 Å². The van der Waals surface area contributed by atoms with Gasteiger partial charge in [0.2, 0.25) is 0 Å². The van der Waals surface area contributed by atoms with Crippen LogP contribution in [0.3, 0.4) is 0 Å². The lowest BCUT2D eigenvalue weighted by molar-refractivity contribution is -0.123. The molecule has 1 amide bonds. The Balaban J connectivity index is 1.39. The van der Waals surface area contributed by atoms with Gasteiger partial charge in [-0.05, 0) is 39.0 Å². The first-order valence-electron chi connectivity index (χ1n) is 9.13. The standard InChI is InChI=1S/C22H23NO4/c1-14(19-11-15-7-4-5-9-17(15)26-19)23-20(24)13-25-18-10-6-8-16-12-22(2,3)27-21(16)18/h4-11,14H,12-13H2,1-3H3,(H,23,24)/t14-/m1/s1. The molecule has 5 heteroatoms. The number of fused-ring (bicyclic) bond motifs is 2. The first kappa shape index (κ1) is 17.5. The van der Waals surface area contributed by atoms with Crippen molar-refractivity contribution < 1.29 is 18.7 Å². The van der Waals surface area contributed by atoms with Crippen LogP contribution in [0, 0.1) is 0 Å². The molecule has 2 aromatic carbocycles. The van der Waals surface area contributed by atoms with Crippen molar-refractivity contribution in [1.29, 1.82) is 0 Å². The molecule has 0 saturated carbocycles. The van der Waals surface area contributed by atoms with Gasteiger partial charge in [0.25, 0.3) is 5.91 Å². The molecule has 0 radical (unpaired) electrons. The van der Waals surface area contributed by atoms with E-state index in [1.54, 1.807) is 0 Å². The smallest absolute Gasteiger partial charge is 0.258 e. The topological polar surface area (TPSA) is 60.7 Å². The number of carbonyl (C=O) groups excluding carboxylic acids is 1. The van der Waals surface area contributed by atoms with Crippen molar-refractivity contribution in [2.75, 3.05) is 6.61 Å². The highest BCUT2D eigenvalue weighted by Gasteiger charge is 2.32. The van der Waals surface area contributed by atoms with Gasteiger partial charge in [-0.15, -0.1) is 0 Å². The molecular weight excluding hydrogens is 342 g/mol. The summed E-state index contributed by atoms with van der Waals surface area (Å²) in [7, 11) is 0. The van der Waals surface area contributed by atoms with Gasteiger partial charge >= 0.3 is 0 Å². The van der Waals surface area contributed by atoms with Crippen LogP contribution < -0.4 is 14.8 Å². The average molecular weight is 365 g/mol. The van der Waals surface area contributed by atoms with Crippen molar-refractivity contribution in [3.05, 3.63) is 59.9 Å². The molecule has 0 unspecified atom stereocenters. The van der Waals surface area contributed by atoms with E-state index in [1.807, 2.05) is 69.3 Å². The summed E-state index contributed by atoms with van der Waals surface area (Å²) in [4.78, 5) is 12.3. The molecule has 2 heterocycles. The van der Waals surface area contributed by atoms with Crippen LogP contribution in [0.5, 0.6) is 11.5 Å². The van der Waals surface area contributed by atoms with Crippen LogP contribution >= 0.6 is 0 Å². The number of nitrogens with one attached hydrogen (secondary N) is 1. The van der Waals surface area contributed by atoms with Gasteiger partial charge < -0.3 is 19.2 Å². The Kier molecular flexibility index (Phi) is 4.30. The third-order valence-corrected chi connectivity index (χ3v) is 4.66. The van der Waals surface area contributed by atoms with E-state index in [9.17, 15) is 4.79 Å². The molecule has 27 heavy (non-hydrogen) atoms. The van der Waals surface area contributed by atoms with Crippen molar-refractivity contribution in [2.45, 2.75) is 38.8 Å². The van der Waals surface area contributed by atoms with E-state index in [1.165, 1.54) is 0 Å². The molecule has 1 aromatic heterocycles. The van der Waals surface area contributed by atoms with Crippen LogP contribution in [0.2, 0.25) is 0 Å². The Morgan fingerprint density at radius 2 is 2.04 bits per heavy atom. The lowest BCUT2D eigenvalue weighted by atomic mass is 10.0. The minimum atomic E-state index is -0.250. The maximum absolute atomic E-state index is 12.3. The molecule has 3 aromatic rings. The molecular formula is C22H23NO4. The lowest BCUT2D eigenvalue weighted by Crippen LogP contribution is -2.31. The van der Waals surface area contributed by atoms with Crippen molar-refractivity contribution in [3.8, 4) is 11.5 Å². The Bertz CT molecular complexity index is 956. The van der Waals surface area contributed by atoms with E-state index in [-0.39, 0.29) is 24.2 Å². The molecule has 0 saturated heterocycles. The fourth-order valence-corrected chi connectivity index (χ4v) is 3.41. The average Bonchev–Trinajstić information content (AvgIpc) is 3.19. The van der Waals surface area contributed by atoms with Gasteiger partial charge in [0.15, 0.2) is 18.1 Å². The van der Waals surface area contributed by atoms with Crippen LogP contribution in [-0.4, -0.2) is 18.1 Å². The fourth-order valence-electron chi connectivity index (χ4n) is 3.41. The second-order valence-corrected chi connectivity index (χ2v) is 7.55. The summed E-state index contributed by atoms with van der Waals surface area (Å²) in [5.74, 6) is 1.85. The summed E-state index contributed by atoms with van der Waals surface area (Å²) in [6.07, 6.45) is 0.828. The van der Waals surface area contributed by atoms with Gasteiger partial charge in [-0.2, -0.15) is 0 Å². The molecule has 1 aliphatic heterocycles. The zero-order valence-electron chi connectivity index (χ0n) is 15.7. The number of rotatable bonds is 5. The molecule has 140 valence electrons. The molecule has 1 atom stereocenters. The van der Waals surface area contributed by atoms with E-state index >= 15 is 0 Å². The quantitative estimate of drug-likeness (QED) is 0.728. The van der Waals surface area contributed by atoms with Crippen molar-refractivity contribution >= 4 is 16.9 Å². The largest absolute Gasteiger partial charge is 0.483 e. The van der Waals surface area contributed by atoms with Crippen LogP contribution in [0.1, 0.15) is 38.1 Å². The fraction of sp³-hybridized carbons (Fsp3) is 0.318. The minimum Gasteiger partial charge on any atom is -0.483 e. The maximum atomic E-state index is 12.3. The molecule has 0 fully saturated rings. The van der Waals surface area contributed by atoms with Crippen molar-refractivity contribution in [1.82, 2.24) is 5.32 Å².